The predicted molar refractivity (Wildman–Crippen MR) is 98.7 cm³/mol. The minimum Gasteiger partial charge on any atom is -0.303 e. The molecule has 2 heterocycles. The number of hydrogen-bond acceptors (Lipinski definition) is 4. The first-order valence-electron chi connectivity index (χ1n) is 9.97. The molecule has 0 radical (unpaired) electrons. The van der Waals surface area contributed by atoms with E-state index in [0.29, 0.717) is 12.6 Å². The van der Waals surface area contributed by atoms with E-state index in [1.54, 1.807) is 0 Å². The molecule has 3 aliphatic rings. The van der Waals surface area contributed by atoms with Crippen LogP contribution in [0.15, 0.2) is 0 Å². The van der Waals surface area contributed by atoms with E-state index in [1.807, 2.05) is 4.31 Å². The lowest BCUT2D eigenvalue weighted by Crippen LogP contribution is -2.44. The Bertz CT molecular complexity index is 484. The number of rotatable bonds is 7. The summed E-state index contributed by atoms with van der Waals surface area (Å²) in [4.78, 5) is 5.05. The maximum Gasteiger partial charge on any atom is 0.211 e. The third-order valence-electron chi connectivity index (χ3n) is 6.17. The zero-order valence-corrected chi connectivity index (χ0v) is 16.1. The van der Waals surface area contributed by atoms with Gasteiger partial charge in [0, 0.05) is 31.7 Å². The van der Waals surface area contributed by atoms with Crippen molar-refractivity contribution in [1.82, 2.24) is 14.1 Å². The Morgan fingerprint density at radius 1 is 0.958 bits per heavy atom. The maximum absolute atomic E-state index is 12.3. The third kappa shape index (κ3) is 4.93. The van der Waals surface area contributed by atoms with Gasteiger partial charge in [-0.2, -0.15) is 4.31 Å². The van der Waals surface area contributed by atoms with Crippen LogP contribution in [0.1, 0.15) is 57.8 Å². The van der Waals surface area contributed by atoms with Gasteiger partial charge >= 0.3 is 0 Å². The van der Waals surface area contributed by atoms with Crippen LogP contribution in [0, 0.1) is 0 Å². The molecule has 0 aromatic carbocycles. The van der Waals surface area contributed by atoms with Crippen LogP contribution in [0.3, 0.4) is 0 Å². The lowest BCUT2D eigenvalue weighted by atomic mass is 9.94. The minimum atomic E-state index is -3.11. The van der Waals surface area contributed by atoms with Gasteiger partial charge in [-0.3, -0.25) is 4.90 Å². The molecule has 0 aromatic rings. The van der Waals surface area contributed by atoms with Crippen LogP contribution < -0.4 is 0 Å². The van der Waals surface area contributed by atoms with E-state index >= 15 is 0 Å². The summed E-state index contributed by atoms with van der Waals surface area (Å²) in [5, 5.41) is 0. The number of sulfonamides is 1. The zero-order chi connectivity index (χ0) is 17.0. The molecule has 2 aliphatic heterocycles. The van der Waals surface area contributed by atoms with Crippen LogP contribution >= 0.6 is 0 Å². The molecule has 0 spiro atoms. The normalized spacial score (nSPS) is 28.2. The maximum atomic E-state index is 12.3. The van der Waals surface area contributed by atoms with Gasteiger partial charge in [0.15, 0.2) is 0 Å². The average molecular weight is 358 g/mol. The van der Waals surface area contributed by atoms with Crippen LogP contribution in [0.4, 0.5) is 0 Å². The quantitative estimate of drug-likeness (QED) is 0.700. The lowest BCUT2D eigenvalue weighted by molar-refractivity contribution is 0.179. The van der Waals surface area contributed by atoms with Gasteiger partial charge in [0.1, 0.15) is 0 Å². The molecule has 2 saturated heterocycles. The number of likely N-dealkylation sites (tertiary alicyclic amines) is 2. The highest BCUT2D eigenvalue weighted by molar-refractivity contribution is 7.88. The second kappa shape index (κ2) is 8.47. The van der Waals surface area contributed by atoms with Gasteiger partial charge < -0.3 is 4.90 Å². The molecule has 3 fully saturated rings. The molecule has 3 rings (SSSR count). The van der Waals surface area contributed by atoms with E-state index < -0.39 is 10.0 Å². The molecule has 5 nitrogen and oxygen atoms in total. The van der Waals surface area contributed by atoms with Crippen LogP contribution in [-0.4, -0.2) is 80.1 Å². The van der Waals surface area contributed by atoms with Crippen LogP contribution in [-0.2, 0) is 10.0 Å². The first-order valence-corrected chi connectivity index (χ1v) is 11.8. The molecule has 0 aromatic heterocycles. The Hall–Kier alpha value is -0.170. The second-order valence-corrected chi connectivity index (χ2v) is 9.94. The van der Waals surface area contributed by atoms with Crippen molar-refractivity contribution in [2.45, 2.75) is 69.9 Å². The average Bonchev–Trinajstić information content (AvgIpc) is 3.23. The van der Waals surface area contributed by atoms with Gasteiger partial charge in [-0.05, 0) is 58.2 Å². The van der Waals surface area contributed by atoms with Crippen molar-refractivity contribution >= 4 is 10.0 Å². The summed E-state index contributed by atoms with van der Waals surface area (Å²) in [5.74, 6) is 0. The van der Waals surface area contributed by atoms with Gasteiger partial charge in [0.05, 0.1) is 6.26 Å². The summed E-state index contributed by atoms with van der Waals surface area (Å²) in [7, 11) is -3.11. The van der Waals surface area contributed by atoms with Gasteiger partial charge in [-0.15, -0.1) is 0 Å². The van der Waals surface area contributed by atoms with E-state index in [1.165, 1.54) is 64.3 Å². The summed E-state index contributed by atoms with van der Waals surface area (Å²) < 4.78 is 26.5. The molecule has 1 unspecified atom stereocenters. The van der Waals surface area contributed by atoms with Crippen molar-refractivity contribution in [3.05, 3.63) is 0 Å². The summed E-state index contributed by atoms with van der Waals surface area (Å²) in [6, 6.07) is 0.898. The van der Waals surface area contributed by atoms with Crippen LogP contribution in [0.5, 0.6) is 0 Å². The fourth-order valence-electron chi connectivity index (χ4n) is 4.86. The van der Waals surface area contributed by atoms with E-state index in [9.17, 15) is 8.42 Å². The Labute approximate surface area is 148 Å². The highest BCUT2D eigenvalue weighted by atomic mass is 32.2. The summed E-state index contributed by atoms with van der Waals surface area (Å²) >= 11 is 0. The Morgan fingerprint density at radius 2 is 1.67 bits per heavy atom. The minimum absolute atomic E-state index is 0.195. The Kier molecular flexibility index (Phi) is 6.57. The number of nitrogens with zero attached hydrogens (tertiary/aromatic N) is 3. The monoisotopic (exact) mass is 357 g/mol. The van der Waals surface area contributed by atoms with Crippen molar-refractivity contribution < 1.29 is 8.42 Å². The standard InChI is InChI=1S/C18H35N3O2S/c1-24(22,23)21(14-7-13-19-11-5-6-12-19)18-10-15-20(16-18)17-8-3-2-4-9-17/h17-18H,2-16H2,1H3. The van der Waals surface area contributed by atoms with Gasteiger partial charge in [-0.1, -0.05) is 19.3 Å². The highest BCUT2D eigenvalue weighted by Gasteiger charge is 2.35. The topological polar surface area (TPSA) is 43.9 Å². The molecule has 6 heteroatoms. The van der Waals surface area contributed by atoms with Crippen molar-refractivity contribution in [3.63, 3.8) is 0 Å². The summed E-state index contributed by atoms with van der Waals surface area (Å²) in [6.07, 6.45) is 12.6. The van der Waals surface area contributed by atoms with Crippen molar-refractivity contribution in [3.8, 4) is 0 Å². The van der Waals surface area contributed by atoms with Crippen LogP contribution in [0.2, 0.25) is 0 Å². The second-order valence-electron chi connectivity index (χ2n) is 8.01. The molecule has 1 aliphatic carbocycles. The molecule has 24 heavy (non-hydrogen) atoms. The smallest absolute Gasteiger partial charge is 0.211 e. The predicted octanol–water partition coefficient (Wildman–Crippen LogP) is 2.14. The first kappa shape index (κ1) is 18.6. The van der Waals surface area contributed by atoms with Crippen molar-refractivity contribution in [2.24, 2.45) is 0 Å². The fourth-order valence-corrected chi connectivity index (χ4v) is 6.03. The molecule has 1 atom stereocenters. The summed E-state index contributed by atoms with van der Waals surface area (Å²) in [6.45, 7) is 6.15. The zero-order valence-electron chi connectivity index (χ0n) is 15.3. The van der Waals surface area contributed by atoms with Gasteiger partial charge in [-0.25, -0.2) is 8.42 Å². The molecule has 0 N–H and O–H groups in total. The molecular weight excluding hydrogens is 322 g/mol. The first-order chi connectivity index (χ1) is 11.5. The van der Waals surface area contributed by atoms with Crippen molar-refractivity contribution in [1.29, 1.82) is 0 Å². The third-order valence-corrected chi connectivity index (χ3v) is 7.50. The highest BCUT2D eigenvalue weighted by Crippen LogP contribution is 2.28. The van der Waals surface area contributed by atoms with Crippen molar-refractivity contribution in [2.75, 3.05) is 45.5 Å². The fraction of sp³-hybridized carbons (Fsp3) is 1.00. The van der Waals surface area contributed by atoms with E-state index in [4.69, 9.17) is 0 Å². The van der Waals surface area contributed by atoms with Gasteiger partial charge in [0.2, 0.25) is 10.0 Å². The largest absolute Gasteiger partial charge is 0.303 e. The molecular formula is C18H35N3O2S. The molecule has 0 amide bonds. The molecule has 0 bridgehead atoms. The van der Waals surface area contributed by atoms with E-state index in [-0.39, 0.29) is 6.04 Å². The van der Waals surface area contributed by atoms with E-state index in [2.05, 4.69) is 9.80 Å². The molecule has 1 saturated carbocycles. The van der Waals surface area contributed by atoms with E-state index in [0.717, 1.165) is 32.5 Å². The lowest BCUT2D eigenvalue weighted by Gasteiger charge is -2.32. The molecule has 140 valence electrons. The summed E-state index contributed by atoms with van der Waals surface area (Å²) in [5.41, 5.74) is 0. The van der Waals surface area contributed by atoms with Crippen LogP contribution in [0.25, 0.3) is 0 Å². The SMILES string of the molecule is CS(=O)(=O)N(CCCN1CCCC1)C1CCN(C2CCCCC2)C1. The Balaban J connectivity index is 1.51. The number of hydrogen-bond donors (Lipinski definition) is 0. The van der Waals surface area contributed by atoms with Gasteiger partial charge in [0.25, 0.3) is 0 Å². The Morgan fingerprint density at radius 3 is 2.33 bits per heavy atom.